The van der Waals surface area contributed by atoms with Crippen molar-refractivity contribution in [1.82, 2.24) is 30.2 Å². The van der Waals surface area contributed by atoms with Crippen LogP contribution < -0.4 is 16.0 Å². The highest BCUT2D eigenvalue weighted by atomic mass is 16.2. The molecule has 0 fully saturated rings. The largest absolute Gasteiger partial charge is 0.351 e. The summed E-state index contributed by atoms with van der Waals surface area (Å²) in [7, 11) is 0. The van der Waals surface area contributed by atoms with E-state index in [4.69, 9.17) is 0 Å². The van der Waals surface area contributed by atoms with Crippen LogP contribution in [0.4, 0.5) is 10.7 Å². The van der Waals surface area contributed by atoms with Gasteiger partial charge in [-0.3, -0.25) is 15.1 Å². The van der Waals surface area contributed by atoms with Crippen molar-refractivity contribution in [2.45, 2.75) is 13.8 Å². The standard InChI is InChI=1S/C21H21N7O2/c1-3-22-19(29)17-11-13(14-7-5-9-16-15(14)8-6-10-24-16)12-18-25-20(27-28(17)18)26-21(30)23-4-2/h5-12H,3-4H2,1-2H3,(H,22,29)(H2,23,26,27,30). The lowest BCUT2D eigenvalue weighted by Gasteiger charge is -2.10. The van der Waals surface area contributed by atoms with E-state index in [0.29, 0.717) is 24.4 Å². The third-order valence-electron chi connectivity index (χ3n) is 4.53. The molecule has 4 aromatic rings. The smallest absolute Gasteiger partial charge is 0.321 e. The number of fused-ring (bicyclic) bond motifs is 2. The summed E-state index contributed by atoms with van der Waals surface area (Å²) >= 11 is 0. The molecule has 0 atom stereocenters. The van der Waals surface area contributed by atoms with E-state index in [1.807, 2.05) is 50.2 Å². The van der Waals surface area contributed by atoms with Crippen LogP contribution in [0.15, 0.2) is 48.7 Å². The van der Waals surface area contributed by atoms with Crippen LogP contribution >= 0.6 is 0 Å². The molecule has 152 valence electrons. The summed E-state index contributed by atoms with van der Waals surface area (Å²) in [6, 6.07) is 12.9. The fourth-order valence-corrected chi connectivity index (χ4v) is 3.27. The Bertz CT molecular complexity index is 1240. The highest BCUT2D eigenvalue weighted by Gasteiger charge is 2.17. The molecule has 3 N–H and O–H groups in total. The molecule has 3 amide bonds. The lowest BCUT2D eigenvalue weighted by Crippen LogP contribution is -2.28. The van der Waals surface area contributed by atoms with Crippen LogP contribution in [0.5, 0.6) is 0 Å². The number of amides is 3. The van der Waals surface area contributed by atoms with Gasteiger partial charge in [0.2, 0.25) is 0 Å². The zero-order chi connectivity index (χ0) is 21.1. The Morgan fingerprint density at radius 2 is 1.87 bits per heavy atom. The third-order valence-corrected chi connectivity index (χ3v) is 4.53. The van der Waals surface area contributed by atoms with Crippen LogP contribution in [0, 0.1) is 0 Å². The predicted molar refractivity (Wildman–Crippen MR) is 114 cm³/mol. The Hall–Kier alpha value is -4.01. The number of nitrogens with zero attached hydrogens (tertiary/aromatic N) is 4. The molecule has 4 rings (SSSR count). The molecule has 0 saturated heterocycles. The van der Waals surface area contributed by atoms with E-state index < -0.39 is 6.03 Å². The second-order valence-corrected chi connectivity index (χ2v) is 6.55. The maximum atomic E-state index is 12.7. The van der Waals surface area contributed by atoms with Gasteiger partial charge in [-0.25, -0.2) is 9.31 Å². The molecule has 30 heavy (non-hydrogen) atoms. The second-order valence-electron chi connectivity index (χ2n) is 6.55. The van der Waals surface area contributed by atoms with Gasteiger partial charge in [-0.2, -0.15) is 4.98 Å². The minimum Gasteiger partial charge on any atom is -0.351 e. The molecule has 9 nitrogen and oxygen atoms in total. The summed E-state index contributed by atoms with van der Waals surface area (Å²) in [5.41, 5.74) is 3.35. The number of urea groups is 1. The molecule has 0 bridgehead atoms. The fraction of sp³-hybridized carbons (Fsp3) is 0.190. The van der Waals surface area contributed by atoms with E-state index in [1.54, 1.807) is 12.3 Å². The van der Waals surface area contributed by atoms with Gasteiger partial charge in [-0.1, -0.05) is 18.2 Å². The van der Waals surface area contributed by atoms with Gasteiger partial charge >= 0.3 is 6.03 Å². The maximum absolute atomic E-state index is 12.7. The van der Waals surface area contributed by atoms with Crippen LogP contribution in [0.3, 0.4) is 0 Å². The number of aromatic nitrogens is 4. The Balaban J connectivity index is 1.88. The van der Waals surface area contributed by atoms with E-state index in [0.717, 1.165) is 22.0 Å². The Morgan fingerprint density at radius 1 is 1.03 bits per heavy atom. The quantitative estimate of drug-likeness (QED) is 0.474. The Kier molecular flexibility index (Phi) is 5.25. The minimum absolute atomic E-state index is 0.114. The van der Waals surface area contributed by atoms with Crippen LogP contribution in [-0.4, -0.2) is 44.6 Å². The van der Waals surface area contributed by atoms with Gasteiger partial charge in [0.05, 0.1) is 5.52 Å². The van der Waals surface area contributed by atoms with E-state index in [-0.39, 0.29) is 11.9 Å². The number of carbonyl (C=O) groups is 2. The Labute approximate surface area is 172 Å². The van der Waals surface area contributed by atoms with Crippen molar-refractivity contribution in [2.24, 2.45) is 0 Å². The zero-order valence-corrected chi connectivity index (χ0v) is 16.6. The fourth-order valence-electron chi connectivity index (χ4n) is 3.27. The Morgan fingerprint density at radius 3 is 2.67 bits per heavy atom. The molecule has 9 heteroatoms. The van der Waals surface area contributed by atoms with Crippen LogP contribution in [0.2, 0.25) is 0 Å². The first-order valence-electron chi connectivity index (χ1n) is 9.68. The molecule has 0 radical (unpaired) electrons. The predicted octanol–water partition coefficient (Wildman–Crippen LogP) is 2.84. The minimum atomic E-state index is -0.409. The summed E-state index contributed by atoms with van der Waals surface area (Å²) in [5, 5.41) is 13.3. The van der Waals surface area contributed by atoms with Gasteiger partial charge in [0.15, 0.2) is 5.65 Å². The number of anilines is 1. The molecule has 0 aliphatic carbocycles. The summed E-state index contributed by atoms with van der Waals surface area (Å²) in [4.78, 5) is 33.4. The molecule has 0 aliphatic rings. The highest BCUT2D eigenvalue weighted by Crippen LogP contribution is 2.29. The molecule has 1 aromatic carbocycles. The van der Waals surface area contributed by atoms with Gasteiger partial charge in [0.1, 0.15) is 5.69 Å². The summed E-state index contributed by atoms with van der Waals surface area (Å²) in [6.07, 6.45) is 1.74. The van der Waals surface area contributed by atoms with Crippen molar-refractivity contribution in [2.75, 3.05) is 18.4 Å². The lowest BCUT2D eigenvalue weighted by atomic mass is 10.0. The average Bonchev–Trinajstić information content (AvgIpc) is 3.15. The molecular weight excluding hydrogens is 382 g/mol. The van der Waals surface area contributed by atoms with Crippen molar-refractivity contribution in [1.29, 1.82) is 0 Å². The first-order chi connectivity index (χ1) is 14.6. The molecular formula is C21H21N7O2. The lowest BCUT2D eigenvalue weighted by molar-refractivity contribution is 0.0948. The van der Waals surface area contributed by atoms with Crippen molar-refractivity contribution in [3.63, 3.8) is 0 Å². The average molecular weight is 403 g/mol. The van der Waals surface area contributed by atoms with Crippen molar-refractivity contribution >= 4 is 34.4 Å². The van der Waals surface area contributed by atoms with Crippen molar-refractivity contribution < 1.29 is 9.59 Å². The molecule has 0 saturated carbocycles. The summed E-state index contributed by atoms with van der Waals surface area (Å²) in [6.45, 7) is 4.61. The topological polar surface area (TPSA) is 113 Å². The first kappa shape index (κ1) is 19.3. The van der Waals surface area contributed by atoms with Crippen molar-refractivity contribution in [3.8, 4) is 11.1 Å². The number of pyridine rings is 2. The number of carbonyl (C=O) groups excluding carboxylic acids is 2. The molecule has 0 spiro atoms. The SMILES string of the molecule is CCNC(=O)Nc1nc2cc(-c3cccc4ncccc34)cc(C(=O)NCC)n2n1. The van der Waals surface area contributed by atoms with Crippen LogP contribution in [0.1, 0.15) is 24.3 Å². The van der Waals surface area contributed by atoms with Crippen molar-refractivity contribution in [3.05, 3.63) is 54.4 Å². The molecule has 3 aromatic heterocycles. The summed E-state index contributed by atoms with van der Waals surface area (Å²) < 4.78 is 1.43. The van der Waals surface area contributed by atoms with Gasteiger partial charge < -0.3 is 10.6 Å². The van der Waals surface area contributed by atoms with Crippen LogP contribution in [0.25, 0.3) is 27.7 Å². The number of nitrogens with one attached hydrogen (secondary N) is 3. The van der Waals surface area contributed by atoms with Gasteiger partial charge in [-0.15, -0.1) is 5.10 Å². The number of hydrogen-bond acceptors (Lipinski definition) is 5. The number of rotatable bonds is 5. The number of benzene rings is 1. The molecule has 0 aliphatic heterocycles. The highest BCUT2D eigenvalue weighted by molar-refractivity contribution is 5.99. The van der Waals surface area contributed by atoms with E-state index in [9.17, 15) is 9.59 Å². The molecule has 3 heterocycles. The summed E-state index contributed by atoms with van der Waals surface area (Å²) in [5.74, 6) is -0.166. The van der Waals surface area contributed by atoms with Gasteiger partial charge in [-0.05, 0) is 49.2 Å². The van der Waals surface area contributed by atoms with E-state index in [1.165, 1.54) is 4.52 Å². The van der Waals surface area contributed by atoms with Crippen LogP contribution in [-0.2, 0) is 0 Å². The van der Waals surface area contributed by atoms with Gasteiger partial charge in [0, 0.05) is 24.7 Å². The van der Waals surface area contributed by atoms with E-state index in [2.05, 4.69) is 31.0 Å². The second kappa shape index (κ2) is 8.16. The van der Waals surface area contributed by atoms with Gasteiger partial charge in [0.25, 0.3) is 11.9 Å². The third kappa shape index (κ3) is 3.64. The maximum Gasteiger partial charge on any atom is 0.321 e. The normalized spacial score (nSPS) is 10.9. The number of hydrogen-bond donors (Lipinski definition) is 3. The first-order valence-corrected chi connectivity index (χ1v) is 9.68. The van der Waals surface area contributed by atoms with E-state index >= 15 is 0 Å². The molecule has 0 unspecified atom stereocenters. The monoisotopic (exact) mass is 403 g/mol. The zero-order valence-electron chi connectivity index (χ0n) is 16.6.